The number of amides is 1. The maximum Gasteiger partial charge on any atom is 0.270 e. The topological polar surface area (TPSA) is 44.4 Å². The second-order valence-electron chi connectivity index (χ2n) is 8.07. The van der Waals surface area contributed by atoms with E-state index in [9.17, 15) is 13.6 Å². The van der Waals surface area contributed by atoms with Gasteiger partial charge in [-0.1, -0.05) is 48.6 Å². The van der Waals surface area contributed by atoms with Gasteiger partial charge in [-0.15, -0.1) is 0 Å². The Bertz CT molecular complexity index is 1040. The van der Waals surface area contributed by atoms with E-state index in [1.54, 1.807) is 18.2 Å². The molecule has 0 bridgehead atoms. The highest BCUT2D eigenvalue weighted by molar-refractivity contribution is 6.12. The average molecular weight is 436 g/mol. The van der Waals surface area contributed by atoms with Crippen LogP contribution >= 0.6 is 0 Å². The van der Waals surface area contributed by atoms with Crippen molar-refractivity contribution in [2.24, 2.45) is 0 Å². The number of allylic oxidation sites excluding steroid dienone is 4. The molecule has 1 aliphatic carbocycles. The molecule has 1 saturated heterocycles. The minimum atomic E-state index is -2.90. The third-order valence-corrected chi connectivity index (χ3v) is 5.69. The number of benzene rings is 2. The van der Waals surface area contributed by atoms with Gasteiger partial charge in [-0.3, -0.25) is 4.79 Å². The molecule has 2 N–H and O–H groups in total. The molecule has 0 aromatic heterocycles. The summed E-state index contributed by atoms with van der Waals surface area (Å²) in [5, 5.41) is 6.31. The first-order valence-electron chi connectivity index (χ1n) is 10.8. The third-order valence-electron chi connectivity index (χ3n) is 5.69. The SMILES string of the molecule is CC(F)(F)c1ccc(C2=C(C(=O)Nc3ccc(N4CCNCC4)cc3)C=CCC=C2)cc1. The second kappa shape index (κ2) is 9.49. The normalized spacial score (nSPS) is 16.8. The molecule has 0 atom stereocenters. The number of hydrogen-bond acceptors (Lipinski definition) is 3. The third kappa shape index (κ3) is 5.14. The fourth-order valence-electron chi connectivity index (χ4n) is 3.90. The number of alkyl halides is 2. The summed E-state index contributed by atoms with van der Waals surface area (Å²) in [6, 6.07) is 14.0. The predicted octanol–water partition coefficient (Wildman–Crippen LogP) is 5.12. The summed E-state index contributed by atoms with van der Waals surface area (Å²) in [7, 11) is 0. The number of hydrogen-bond donors (Lipinski definition) is 2. The molecule has 2 aromatic rings. The lowest BCUT2D eigenvalue weighted by molar-refractivity contribution is -0.112. The Balaban J connectivity index is 1.56. The van der Waals surface area contributed by atoms with Crippen LogP contribution in [-0.4, -0.2) is 32.1 Å². The number of carbonyl (C=O) groups is 1. The summed E-state index contributed by atoms with van der Waals surface area (Å²) in [5.41, 5.74) is 3.73. The van der Waals surface area contributed by atoms with Gasteiger partial charge in [-0.05, 0) is 41.8 Å². The summed E-state index contributed by atoms with van der Waals surface area (Å²) in [4.78, 5) is 15.4. The lowest BCUT2D eigenvalue weighted by Crippen LogP contribution is -2.43. The van der Waals surface area contributed by atoms with Crippen LogP contribution in [0.3, 0.4) is 0 Å². The van der Waals surface area contributed by atoms with Gasteiger partial charge in [-0.2, -0.15) is 0 Å². The van der Waals surface area contributed by atoms with Crippen LogP contribution in [0.1, 0.15) is 24.5 Å². The van der Waals surface area contributed by atoms with Crippen molar-refractivity contribution in [2.45, 2.75) is 19.3 Å². The van der Waals surface area contributed by atoms with Crippen LogP contribution in [-0.2, 0) is 10.7 Å². The molecule has 0 radical (unpaired) electrons. The summed E-state index contributed by atoms with van der Waals surface area (Å²) >= 11 is 0. The first-order chi connectivity index (χ1) is 15.4. The number of nitrogens with one attached hydrogen (secondary N) is 2. The van der Waals surface area contributed by atoms with Crippen LogP contribution in [0.5, 0.6) is 0 Å². The fraction of sp³-hybridized carbons (Fsp3) is 0.269. The Labute approximate surface area is 187 Å². The molecular formula is C26H27F2N3O. The molecule has 2 aliphatic rings. The van der Waals surface area contributed by atoms with E-state index in [1.165, 1.54) is 12.1 Å². The highest BCUT2D eigenvalue weighted by Gasteiger charge is 2.24. The molecule has 4 nitrogen and oxygen atoms in total. The quantitative estimate of drug-likeness (QED) is 0.686. The molecule has 0 saturated carbocycles. The van der Waals surface area contributed by atoms with Crippen LogP contribution in [0.4, 0.5) is 20.2 Å². The standard InChI is InChI=1S/C26H27F2N3O/c1-26(27,28)20-9-7-19(8-10-20)23-5-3-2-4-6-24(23)25(32)30-21-11-13-22(14-12-21)31-17-15-29-16-18-31/h3-14,29H,2,15-18H2,1H3,(H,30,32). The molecule has 0 spiro atoms. The summed E-state index contributed by atoms with van der Waals surface area (Å²) in [6.07, 6.45) is 8.24. The van der Waals surface area contributed by atoms with Crippen LogP contribution in [0, 0.1) is 0 Å². The minimum Gasteiger partial charge on any atom is -0.369 e. The Morgan fingerprint density at radius 2 is 1.62 bits per heavy atom. The van der Waals surface area contributed by atoms with Gasteiger partial charge < -0.3 is 15.5 Å². The van der Waals surface area contributed by atoms with Gasteiger partial charge in [0.15, 0.2) is 0 Å². The van der Waals surface area contributed by atoms with Gasteiger partial charge in [0.25, 0.3) is 11.8 Å². The van der Waals surface area contributed by atoms with E-state index in [-0.39, 0.29) is 11.5 Å². The van der Waals surface area contributed by atoms with Gasteiger partial charge in [0.1, 0.15) is 0 Å². The maximum absolute atomic E-state index is 13.6. The fourth-order valence-corrected chi connectivity index (χ4v) is 3.90. The molecule has 1 heterocycles. The highest BCUT2D eigenvalue weighted by Crippen LogP contribution is 2.30. The van der Waals surface area contributed by atoms with Crippen molar-refractivity contribution in [3.05, 3.63) is 89.5 Å². The van der Waals surface area contributed by atoms with Gasteiger partial charge in [0, 0.05) is 55.6 Å². The predicted molar refractivity (Wildman–Crippen MR) is 126 cm³/mol. The van der Waals surface area contributed by atoms with E-state index >= 15 is 0 Å². The van der Waals surface area contributed by atoms with Gasteiger partial charge in [-0.25, -0.2) is 8.78 Å². The van der Waals surface area contributed by atoms with Crippen molar-refractivity contribution < 1.29 is 13.6 Å². The van der Waals surface area contributed by atoms with E-state index in [2.05, 4.69) is 15.5 Å². The van der Waals surface area contributed by atoms with Crippen LogP contribution < -0.4 is 15.5 Å². The summed E-state index contributed by atoms with van der Waals surface area (Å²) < 4.78 is 27.2. The number of halogens is 2. The van der Waals surface area contributed by atoms with Crippen molar-refractivity contribution in [3.63, 3.8) is 0 Å². The Morgan fingerprint density at radius 3 is 2.28 bits per heavy atom. The van der Waals surface area contributed by atoms with E-state index in [0.717, 1.165) is 44.4 Å². The van der Waals surface area contributed by atoms with Crippen molar-refractivity contribution in [1.29, 1.82) is 0 Å². The zero-order chi connectivity index (χ0) is 22.6. The summed E-state index contributed by atoms with van der Waals surface area (Å²) in [5.74, 6) is -3.13. The molecule has 6 heteroatoms. The molecule has 32 heavy (non-hydrogen) atoms. The van der Waals surface area contributed by atoms with Crippen molar-refractivity contribution in [3.8, 4) is 0 Å². The zero-order valence-corrected chi connectivity index (χ0v) is 18.1. The molecule has 2 aromatic carbocycles. The molecule has 4 rings (SSSR count). The Morgan fingerprint density at radius 1 is 0.969 bits per heavy atom. The smallest absolute Gasteiger partial charge is 0.270 e. The van der Waals surface area contributed by atoms with Gasteiger partial charge >= 0.3 is 0 Å². The van der Waals surface area contributed by atoms with Crippen molar-refractivity contribution in [1.82, 2.24) is 5.32 Å². The van der Waals surface area contributed by atoms with E-state index in [4.69, 9.17) is 0 Å². The van der Waals surface area contributed by atoms with E-state index in [0.29, 0.717) is 23.3 Å². The largest absolute Gasteiger partial charge is 0.369 e. The van der Waals surface area contributed by atoms with Crippen LogP contribution in [0.25, 0.3) is 5.57 Å². The lowest BCUT2D eigenvalue weighted by Gasteiger charge is -2.29. The molecular weight excluding hydrogens is 408 g/mol. The maximum atomic E-state index is 13.6. The van der Waals surface area contributed by atoms with Crippen LogP contribution in [0.15, 0.2) is 78.4 Å². The van der Waals surface area contributed by atoms with Crippen molar-refractivity contribution >= 4 is 22.9 Å². The molecule has 1 amide bonds. The van der Waals surface area contributed by atoms with E-state index in [1.807, 2.05) is 42.5 Å². The first kappa shape index (κ1) is 22.0. The first-order valence-corrected chi connectivity index (χ1v) is 10.8. The minimum absolute atomic E-state index is 0.0504. The monoisotopic (exact) mass is 435 g/mol. The molecule has 1 aliphatic heterocycles. The van der Waals surface area contributed by atoms with Gasteiger partial charge in [0.05, 0.1) is 0 Å². The number of piperazine rings is 1. The number of anilines is 2. The molecule has 1 fully saturated rings. The number of carbonyl (C=O) groups excluding carboxylic acids is 1. The summed E-state index contributed by atoms with van der Waals surface area (Å²) in [6.45, 7) is 4.73. The second-order valence-corrected chi connectivity index (χ2v) is 8.07. The number of rotatable bonds is 5. The lowest BCUT2D eigenvalue weighted by atomic mass is 9.97. The molecule has 166 valence electrons. The zero-order valence-electron chi connectivity index (χ0n) is 18.1. The van der Waals surface area contributed by atoms with Crippen LogP contribution in [0.2, 0.25) is 0 Å². The van der Waals surface area contributed by atoms with Gasteiger partial charge in [0.2, 0.25) is 0 Å². The Kier molecular flexibility index (Phi) is 6.51. The molecule has 0 unspecified atom stereocenters. The number of nitrogens with zero attached hydrogens (tertiary/aromatic N) is 1. The average Bonchev–Trinajstić information content (AvgIpc) is 3.06. The Hall–Kier alpha value is -3.25. The van der Waals surface area contributed by atoms with E-state index < -0.39 is 5.92 Å². The van der Waals surface area contributed by atoms with Crippen molar-refractivity contribution in [2.75, 3.05) is 36.4 Å². The highest BCUT2D eigenvalue weighted by atomic mass is 19.3.